The molecule has 2 aromatic carbocycles. The van der Waals surface area contributed by atoms with E-state index in [1.165, 1.54) is 8.95 Å². The fourth-order valence-corrected chi connectivity index (χ4v) is 4.03. The van der Waals surface area contributed by atoms with Gasteiger partial charge in [0.25, 0.3) is 0 Å². The van der Waals surface area contributed by atoms with Crippen molar-refractivity contribution in [3.8, 4) is 27.3 Å². The van der Waals surface area contributed by atoms with Gasteiger partial charge in [-0.2, -0.15) is 4.39 Å². The summed E-state index contributed by atoms with van der Waals surface area (Å²) in [6.45, 7) is 3.84. The molecular weight excluding hydrogens is 453 g/mol. The zero-order chi connectivity index (χ0) is 17.8. The molecule has 0 radical (unpaired) electrons. The molecule has 1 heterocycles. The lowest BCUT2D eigenvalue weighted by atomic mass is 10.0. The lowest BCUT2D eigenvalue weighted by Gasteiger charge is -2.10. The third kappa shape index (κ3) is 4.10. The first-order chi connectivity index (χ1) is 12.1. The molecule has 0 fully saturated rings. The van der Waals surface area contributed by atoms with Gasteiger partial charge in [0, 0.05) is 10.4 Å². The molecule has 3 rings (SSSR count). The molecule has 1 nitrogen and oxygen atoms in total. The molecule has 0 spiro atoms. The molecule has 0 saturated heterocycles. The van der Waals surface area contributed by atoms with E-state index < -0.39 is 11.6 Å². The Hall–Kier alpha value is -1.73. The van der Waals surface area contributed by atoms with E-state index in [0.29, 0.717) is 12.0 Å². The van der Waals surface area contributed by atoms with Crippen molar-refractivity contribution in [1.82, 2.24) is 0 Å². The molecule has 0 atom stereocenters. The van der Waals surface area contributed by atoms with Crippen LogP contribution >= 0.6 is 33.9 Å². The lowest BCUT2D eigenvalue weighted by Crippen LogP contribution is -2.00. The van der Waals surface area contributed by atoms with Crippen LogP contribution in [0.5, 0.6) is 5.75 Å². The lowest BCUT2D eigenvalue weighted by molar-refractivity contribution is 0.302. The van der Waals surface area contributed by atoms with Crippen LogP contribution in [0.15, 0.2) is 61.2 Å². The Kier molecular flexibility index (Phi) is 5.86. The van der Waals surface area contributed by atoms with Crippen molar-refractivity contribution < 1.29 is 13.5 Å². The summed E-state index contributed by atoms with van der Waals surface area (Å²) < 4.78 is 35.1. The van der Waals surface area contributed by atoms with E-state index in [-0.39, 0.29) is 17.9 Å². The number of hydrogen-bond donors (Lipinski definition) is 0. The summed E-state index contributed by atoms with van der Waals surface area (Å²) >= 11 is 3.96. The van der Waals surface area contributed by atoms with Gasteiger partial charge in [-0.05, 0) is 64.4 Å². The van der Waals surface area contributed by atoms with Gasteiger partial charge in [0.1, 0.15) is 0 Å². The van der Waals surface area contributed by atoms with Crippen molar-refractivity contribution in [2.24, 2.45) is 0 Å². The monoisotopic (exact) mass is 468 g/mol. The minimum atomic E-state index is -0.960. The number of ether oxygens (including phenoxy) is 1. The highest BCUT2D eigenvalue weighted by atomic mass is 127. The average Bonchev–Trinajstić information content (AvgIpc) is 3.06. The smallest absolute Gasteiger partial charge is 0.201 e. The van der Waals surface area contributed by atoms with Crippen molar-refractivity contribution in [3.05, 3.63) is 75.7 Å². The Bertz CT molecular complexity index is 887. The normalized spacial score (nSPS) is 10.7. The van der Waals surface area contributed by atoms with E-state index in [0.717, 1.165) is 10.4 Å². The summed E-state index contributed by atoms with van der Waals surface area (Å²) in [5.74, 6) is -1.93. The molecule has 0 amide bonds. The van der Waals surface area contributed by atoms with E-state index in [1.54, 1.807) is 35.6 Å². The number of benzene rings is 2. The highest BCUT2D eigenvalue weighted by Gasteiger charge is 2.16. The molecule has 0 saturated carbocycles. The summed E-state index contributed by atoms with van der Waals surface area (Å²) in [5.41, 5.74) is 1.91. The molecule has 1 aromatic heterocycles. The van der Waals surface area contributed by atoms with E-state index in [9.17, 15) is 8.78 Å². The van der Waals surface area contributed by atoms with Crippen LogP contribution in [0.25, 0.3) is 21.6 Å². The number of hydrogen-bond acceptors (Lipinski definition) is 2. The quantitative estimate of drug-likeness (QED) is 0.217. The maximum absolute atomic E-state index is 14.4. The van der Waals surface area contributed by atoms with E-state index in [1.807, 2.05) is 12.1 Å². The van der Waals surface area contributed by atoms with Crippen LogP contribution in [0, 0.1) is 14.5 Å². The molecule has 0 N–H and O–H groups in total. The first-order valence-electron chi connectivity index (χ1n) is 7.68. The molecule has 25 heavy (non-hydrogen) atoms. The highest BCUT2D eigenvalue weighted by Crippen LogP contribution is 2.33. The van der Waals surface area contributed by atoms with Gasteiger partial charge in [0.05, 0.1) is 9.49 Å². The maximum Gasteiger partial charge on any atom is 0.201 e. The summed E-state index contributed by atoms with van der Waals surface area (Å²) in [5, 5.41) is 0. The van der Waals surface area contributed by atoms with Crippen molar-refractivity contribution in [1.29, 1.82) is 0 Å². The van der Waals surface area contributed by atoms with Crippen molar-refractivity contribution in [3.63, 3.8) is 0 Å². The van der Waals surface area contributed by atoms with Gasteiger partial charge >= 0.3 is 0 Å². The molecule has 0 aliphatic heterocycles. The topological polar surface area (TPSA) is 9.23 Å². The van der Waals surface area contributed by atoms with Crippen LogP contribution in [0.2, 0.25) is 0 Å². The number of halogens is 3. The fourth-order valence-electron chi connectivity index (χ4n) is 2.40. The molecule has 0 aliphatic carbocycles. The first kappa shape index (κ1) is 18.1. The second-order valence-electron chi connectivity index (χ2n) is 5.35. The van der Waals surface area contributed by atoms with Crippen molar-refractivity contribution in [2.45, 2.75) is 6.42 Å². The Morgan fingerprint density at radius 1 is 0.960 bits per heavy atom. The Morgan fingerprint density at radius 2 is 1.68 bits per heavy atom. The van der Waals surface area contributed by atoms with Crippen LogP contribution in [0.3, 0.4) is 0 Å². The molecule has 5 heteroatoms. The van der Waals surface area contributed by atoms with Gasteiger partial charge in [0.15, 0.2) is 11.6 Å². The van der Waals surface area contributed by atoms with Gasteiger partial charge in [-0.15, -0.1) is 17.9 Å². The van der Waals surface area contributed by atoms with Crippen LogP contribution in [-0.2, 0) is 0 Å². The predicted octanol–water partition coefficient (Wildman–Crippen LogP) is 6.92. The van der Waals surface area contributed by atoms with Gasteiger partial charge < -0.3 is 4.74 Å². The molecule has 0 aliphatic rings. The summed E-state index contributed by atoms with van der Waals surface area (Å²) in [6.07, 6.45) is 2.24. The Morgan fingerprint density at radius 3 is 2.32 bits per heavy atom. The van der Waals surface area contributed by atoms with Crippen molar-refractivity contribution in [2.75, 3.05) is 6.61 Å². The summed E-state index contributed by atoms with van der Waals surface area (Å²) in [4.78, 5) is 1.15. The van der Waals surface area contributed by atoms with E-state index in [4.69, 9.17) is 4.74 Å². The van der Waals surface area contributed by atoms with E-state index >= 15 is 0 Å². The average molecular weight is 468 g/mol. The van der Waals surface area contributed by atoms with E-state index in [2.05, 4.69) is 41.3 Å². The Labute approximate surface area is 163 Å². The fraction of sp³-hybridized carbons (Fsp3) is 0.100. The summed E-state index contributed by atoms with van der Waals surface area (Å²) in [6, 6.07) is 14.6. The third-order valence-electron chi connectivity index (χ3n) is 3.68. The van der Waals surface area contributed by atoms with Crippen LogP contribution in [0.4, 0.5) is 8.78 Å². The standard InChI is InChI=1S/C20H15F2IOS/c1-2-3-12-24-16-9-8-15(19(21)20(16)22)13-4-6-14(7-5-13)17-10-11-18(23)25-17/h2,4-11H,1,3,12H2. The number of rotatable bonds is 6. The molecule has 3 aromatic rings. The van der Waals surface area contributed by atoms with Gasteiger partial charge in [-0.1, -0.05) is 30.3 Å². The van der Waals surface area contributed by atoms with Crippen LogP contribution in [-0.4, -0.2) is 6.61 Å². The Balaban J connectivity index is 1.86. The SMILES string of the molecule is C=CCCOc1ccc(-c2ccc(-c3ccc(I)s3)cc2)c(F)c1F. The molecular formula is C20H15F2IOS. The second kappa shape index (κ2) is 8.10. The van der Waals surface area contributed by atoms with Gasteiger partial charge in [-0.3, -0.25) is 0 Å². The third-order valence-corrected chi connectivity index (χ3v) is 5.62. The first-order valence-corrected chi connectivity index (χ1v) is 9.57. The van der Waals surface area contributed by atoms with Crippen LogP contribution in [0.1, 0.15) is 6.42 Å². The second-order valence-corrected chi connectivity index (χ2v) is 8.32. The van der Waals surface area contributed by atoms with Crippen LogP contribution < -0.4 is 4.74 Å². The molecule has 0 bridgehead atoms. The summed E-state index contributed by atoms with van der Waals surface area (Å²) in [7, 11) is 0. The molecule has 0 unspecified atom stereocenters. The maximum atomic E-state index is 14.4. The van der Waals surface area contributed by atoms with Crippen molar-refractivity contribution >= 4 is 33.9 Å². The minimum Gasteiger partial charge on any atom is -0.490 e. The minimum absolute atomic E-state index is 0.0760. The highest BCUT2D eigenvalue weighted by molar-refractivity contribution is 14.1. The zero-order valence-corrected chi connectivity index (χ0v) is 16.2. The molecule has 128 valence electrons. The largest absolute Gasteiger partial charge is 0.490 e. The number of thiophene rings is 1. The predicted molar refractivity (Wildman–Crippen MR) is 108 cm³/mol. The van der Waals surface area contributed by atoms with Gasteiger partial charge in [0.2, 0.25) is 5.82 Å². The van der Waals surface area contributed by atoms with Gasteiger partial charge in [-0.25, -0.2) is 4.39 Å². The zero-order valence-electron chi connectivity index (χ0n) is 13.3.